The third kappa shape index (κ3) is 5.11. The molecule has 0 fully saturated rings. The Hall–Kier alpha value is -0.510. The number of rotatable bonds is 8. The van der Waals surface area contributed by atoms with Gasteiger partial charge in [0.15, 0.2) is 0 Å². The highest BCUT2D eigenvalue weighted by atomic mass is 32.2. The third-order valence-electron chi connectivity index (χ3n) is 2.73. The first-order valence-corrected chi connectivity index (χ1v) is 7.30. The van der Waals surface area contributed by atoms with Crippen LogP contribution in [0.1, 0.15) is 24.1 Å². The predicted molar refractivity (Wildman–Crippen MR) is 76.8 cm³/mol. The van der Waals surface area contributed by atoms with E-state index in [0.717, 1.165) is 24.7 Å². The Labute approximate surface area is 109 Å². The standard InChI is InChI=1S/C14H23NOS/c1-4-15-14(11-17-10-9-16-3)13-8-6-5-7-12(13)2/h5-8,14-15H,4,9-11H2,1-3H3. The summed E-state index contributed by atoms with van der Waals surface area (Å²) in [5, 5.41) is 3.55. The van der Waals surface area contributed by atoms with Crippen molar-refractivity contribution in [1.82, 2.24) is 5.32 Å². The van der Waals surface area contributed by atoms with Crippen molar-refractivity contribution in [3.8, 4) is 0 Å². The lowest BCUT2D eigenvalue weighted by Crippen LogP contribution is -2.24. The Kier molecular flexibility index (Phi) is 7.33. The summed E-state index contributed by atoms with van der Waals surface area (Å²) in [6, 6.07) is 9.06. The third-order valence-corrected chi connectivity index (χ3v) is 3.76. The Morgan fingerprint density at radius 2 is 2.12 bits per heavy atom. The zero-order valence-electron chi connectivity index (χ0n) is 11.0. The second-order valence-electron chi connectivity index (χ2n) is 4.03. The van der Waals surface area contributed by atoms with Crippen LogP contribution in [0.4, 0.5) is 0 Å². The van der Waals surface area contributed by atoms with Crippen LogP contribution in [-0.4, -0.2) is 31.8 Å². The molecule has 17 heavy (non-hydrogen) atoms. The molecule has 0 amide bonds. The molecule has 0 heterocycles. The fraction of sp³-hybridized carbons (Fsp3) is 0.571. The van der Waals surface area contributed by atoms with Gasteiger partial charge in [0.2, 0.25) is 0 Å². The van der Waals surface area contributed by atoms with Crippen LogP contribution in [0.5, 0.6) is 0 Å². The molecule has 1 unspecified atom stereocenters. The van der Waals surface area contributed by atoms with Gasteiger partial charge < -0.3 is 10.1 Å². The first-order valence-electron chi connectivity index (χ1n) is 6.15. The summed E-state index contributed by atoms with van der Waals surface area (Å²) in [5.41, 5.74) is 2.78. The monoisotopic (exact) mass is 253 g/mol. The summed E-state index contributed by atoms with van der Waals surface area (Å²) in [7, 11) is 1.75. The molecule has 96 valence electrons. The molecule has 0 spiro atoms. The molecule has 1 N–H and O–H groups in total. The Morgan fingerprint density at radius 3 is 2.76 bits per heavy atom. The van der Waals surface area contributed by atoms with Crippen LogP contribution in [0.25, 0.3) is 0 Å². The van der Waals surface area contributed by atoms with Gasteiger partial charge in [-0.1, -0.05) is 31.2 Å². The van der Waals surface area contributed by atoms with Crippen molar-refractivity contribution in [3.63, 3.8) is 0 Å². The van der Waals surface area contributed by atoms with Gasteiger partial charge in [0.05, 0.1) is 6.61 Å². The van der Waals surface area contributed by atoms with E-state index in [1.807, 2.05) is 11.8 Å². The average molecular weight is 253 g/mol. The highest BCUT2D eigenvalue weighted by molar-refractivity contribution is 7.99. The molecule has 3 heteroatoms. The van der Waals surface area contributed by atoms with Gasteiger partial charge in [0.25, 0.3) is 0 Å². The molecule has 1 aromatic carbocycles. The zero-order valence-corrected chi connectivity index (χ0v) is 11.8. The molecule has 1 atom stereocenters. The van der Waals surface area contributed by atoms with Gasteiger partial charge in [-0.25, -0.2) is 0 Å². The van der Waals surface area contributed by atoms with Gasteiger partial charge in [-0.2, -0.15) is 11.8 Å². The number of thioether (sulfide) groups is 1. The molecule has 0 aromatic heterocycles. The molecule has 1 aromatic rings. The van der Waals surface area contributed by atoms with Crippen molar-refractivity contribution in [2.45, 2.75) is 19.9 Å². The fourth-order valence-electron chi connectivity index (χ4n) is 1.83. The minimum Gasteiger partial charge on any atom is -0.384 e. The topological polar surface area (TPSA) is 21.3 Å². The van der Waals surface area contributed by atoms with Crippen LogP contribution < -0.4 is 5.32 Å². The first kappa shape index (κ1) is 14.6. The molecule has 0 saturated heterocycles. The number of aryl methyl sites for hydroxylation is 1. The number of benzene rings is 1. The summed E-state index contributed by atoms with van der Waals surface area (Å²) in [6.45, 7) is 6.17. The average Bonchev–Trinajstić information content (AvgIpc) is 2.34. The van der Waals surface area contributed by atoms with E-state index in [1.165, 1.54) is 11.1 Å². The van der Waals surface area contributed by atoms with Crippen LogP contribution >= 0.6 is 11.8 Å². The van der Waals surface area contributed by atoms with Crippen molar-refractivity contribution >= 4 is 11.8 Å². The normalized spacial score (nSPS) is 12.6. The van der Waals surface area contributed by atoms with E-state index in [9.17, 15) is 0 Å². The van der Waals surface area contributed by atoms with Crippen LogP contribution in [0.2, 0.25) is 0 Å². The molecule has 0 saturated carbocycles. The van der Waals surface area contributed by atoms with E-state index < -0.39 is 0 Å². The van der Waals surface area contributed by atoms with Gasteiger partial charge in [-0.3, -0.25) is 0 Å². The largest absolute Gasteiger partial charge is 0.384 e. The Morgan fingerprint density at radius 1 is 1.35 bits per heavy atom. The first-order chi connectivity index (χ1) is 8.29. The smallest absolute Gasteiger partial charge is 0.0552 e. The van der Waals surface area contributed by atoms with Gasteiger partial charge in [0, 0.05) is 24.7 Å². The molecule has 0 aliphatic rings. The van der Waals surface area contributed by atoms with Crippen LogP contribution in [0.3, 0.4) is 0 Å². The molecule has 0 aliphatic carbocycles. The lowest BCUT2D eigenvalue weighted by Gasteiger charge is -2.20. The van der Waals surface area contributed by atoms with Gasteiger partial charge >= 0.3 is 0 Å². The van der Waals surface area contributed by atoms with Crippen molar-refractivity contribution < 1.29 is 4.74 Å². The van der Waals surface area contributed by atoms with Gasteiger partial charge in [0.1, 0.15) is 0 Å². The minimum atomic E-state index is 0.447. The Bertz CT molecular complexity index is 317. The maximum absolute atomic E-state index is 5.07. The number of hydrogen-bond donors (Lipinski definition) is 1. The second kappa shape index (κ2) is 8.56. The van der Waals surface area contributed by atoms with Gasteiger partial charge in [-0.15, -0.1) is 0 Å². The van der Waals surface area contributed by atoms with Crippen LogP contribution in [-0.2, 0) is 4.74 Å². The van der Waals surface area contributed by atoms with Crippen LogP contribution in [0, 0.1) is 6.92 Å². The fourth-order valence-corrected chi connectivity index (χ4v) is 2.81. The summed E-state index contributed by atoms with van der Waals surface area (Å²) in [4.78, 5) is 0. The van der Waals surface area contributed by atoms with Gasteiger partial charge in [-0.05, 0) is 24.6 Å². The second-order valence-corrected chi connectivity index (χ2v) is 5.18. The molecule has 0 aliphatic heterocycles. The summed E-state index contributed by atoms with van der Waals surface area (Å²) < 4.78 is 5.07. The summed E-state index contributed by atoms with van der Waals surface area (Å²) in [6.07, 6.45) is 0. The van der Waals surface area contributed by atoms with Crippen molar-refractivity contribution in [3.05, 3.63) is 35.4 Å². The number of methoxy groups -OCH3 is 1. The molecular weight excluding hydrogens is 230 g/mol. The number of hydrogen-bond acceptors (Lipinski definition) is 3. The lowest BCUT2D eigenvalue weighted by molar-refractivity contribution is 0.218. The van der Waals surface area contributed by atoms with E-state index >= 15 is 0 Å². The molecule has 0 bridgehead atoms. The molecule has 0 radical (unpaired) electrons. The van der Waals surface area contributed by atoms with E-state index in [1.54, 1.807) is 7.11 Å². The lowest BCUT2D eigenvalue weighted by atomic mass is 10.0. The van der Waals surface area contributed by atoms with Crippen molar-refractivity contribution in [2.24, 2.45) is 0 Å². The molecule has 1 rings (SSSR count). The molecular formula is C14H23NOS. The van der Waals surface area contributed by atoms with E-state index in [2.05, 4.69) is 43.4 Å². The zero-order chi connectivity index (χ0) is 12.5. The summed E-state index contributed by atoms with van der Waals surface area (Å²) in [5.74, 6) is 2.16. The van der Waals surface area contributed by atoms with E-state index in [4.69, 9.17) is 4.74 Å². The molecule has 2 nitrogen and oxygen atoms in total. The maximum Gasteiger partial charge on any atom is 0.0552 e. The van der Waals surface area contributed by atoms with Crippen LogP contribution in [0.15, 0.2) is 24.3 Å². The van der Waals surface area contributed by atoms with Crippen molar-refractivity contribution in [2.75, 3.05) is 31.8 Å². The van der Waals surface area contributed by atoms with E-state index in [0.29, 0.717) is 6.04 Å². The highest BCUT2D eigenvalue weighted by Crippen LogP contribution is 2.21. The Balaban J connectivity index is 2.56. The number of nitrogens with one attached hydrogen (secondary N) is 1. The van der Waals surface area contributed by atoms with E-state index in [-0.39, 0.29) is 0 Å². The highest BCUT2D eigenvalue weighted by Gasteiger charge is 2.11. The van der Waals surface area contributed by atoms with Crippen molar-refractivity contribution in [1.29, 1.82) is 0 Å². The SMILES string of the molecule is CCNC(CSCCOC)c1ccccc1C. The summed E-state index contributed by atoms with van der Waals surface area (Å²) >= 11 is 1.94. The predicted octanol–water partition coefficient (Wildman–Crippen LogP) is 3.03. The minimum absolute atomic E-state index is 0.447. The quantitative estimate of drug-likeness (QED) is 0.720. The number of ether oxygens (including phenoxy) is 1. The maximum atomic E-state index is 5.07.